The first kappa shape index (κ1) is 15.3. The van der Waals surface area contributed by atoms with Crippen LogP contribution >= 0.6 is 0 Å². The fourth-order valence-electron chi connectivity index (χ4n) is 2.14. The lowest BCUT2D eigenvalue weighted by Crippen LogP contribution is -2.65. The van der Waals surface area contributed by atoms with Gasteiger partial charge in [0.05, 0.1) is 0 Å². The molecule has 1 rings (SSSR count). The van der Waals surface area contributed by atoms with Gasteiger partial charge in [-0.15, -0.1) is 0 Å². The first-order valence-electron chi connectivity index (χ1n) is 8.88. The molecule has 10 heteroatoms. The van der Waals surface area contributed by atoms with Crippen molar-refractivity contribution in [3.05, 3.63) is 0 Å². The molecule has 0 spiro atoms. The average Bonchev–Trinajstić information content (AvgIpc) is 2.64. The summed E-state index contributed by atoms with van der Waals surface area (Å²) < 4.78 is 41.1. The number of nitrogens with one attached hydrogen (secondary N) is 1. The zero-order valence-corrected chi connectivity index (χ0v) is 12.9. The number of aliphatic hydroxyl groups is 1. The van der Waals surface area contributed by atoms with E-state index >= 15 is 0 Å². The van der Waals surface area contributed by atoms with Crippen molar-refractivity contribution in [1.29, 1.82) is 0 Å². The largest absolute Gasteiger partial charge is 0.463 e. The standard InChI is InChI=1S/C14H21NO9/c1-6(16)15-14-11(20)13(23-9(4)19)12(22-8(3)18)10(24-14)5-21-7(2)17/h10-14,20H,5H2,1-4H3,(H,15,16)/t10-,11-,12+,13-,14?/m1/s1/i2D,3D,4D. The van der Waals surface area contributed by atoms with Crippen LogP contribution in [0.2, 0.25) is 0 Å². The summed E-state index contributed by atoms with van der Waals surface area (Å²) in [5.41, 5.74) is 0. The Labute approximate surface area is 142 Å². The molecule has 10 nitrogen and oxygen atoms in total. The maximum Gasteiger partial charge on any atom is 0.303 e. The monoisotopic (exact) mass is 350 g/mol. The van der Waals surface area contributed by atoms with Crippen LogP contribution < -0.4 is 5.32 Å². The Kier molecular flexibility index (Phi) is 5.49. The lowest BCUT2D eigenvalue weighted by molar-refractivity contribution is -0.251. The number of carbonyl (C=O) groups is 4. The average molecular weight is 350 g/mol. The van der Waals surface area contributed by atoms with Crippen LogP contribution in [0.3, 0.4) is 0 Å². The Morgan fingerprint density at radius 3 is 2.21 bits per heavy atom. The molecule has 5 atom stereocenters. The van der Waals surface area contributed by atoms with Crippen molar-refractivity contribution in [2.45, 2.75) is 58.3 Å². The normalized spacial score (nSPS) is 30.9. The van der Waals surface area contributed by atoms with Crippen molar-refractivity contribution in [2.75, 3.05) is 6.61 Å². The van der Waals surface area contributed by atoms with E-state index in [1.54, 1.807) is 0 Å². The number of hydrogen-bond acceptors (Lipinski definition) is 9. The zero-order valence-electron chi connectivity index (χ0n) is 15.9. The SMILES string of the molecule is [2H]CC(=O)OC[C@H]1OC(NC(C)=O)[C@H](O)[C@@H](OC(=O)C[2H])[C@H]1OC(=O)C[2H]. The third-order valence-electron chi connectivity index (χ3n) is 2.95. The predicted molar refractivity (Wildman–Crippen MR) is 76.2 cm³/mol. The van der Waals surface area contributed by atoms with Crippen molar-refractivity contribution < 1.29 is 47.3 Å². The molecule has 0 aromatic heterocycles. The van der Waals surface area contributed by atoms with E-state index in [-0.39, 0.29) is 0 Å². The van der Waals surface area contributed by atoms with Crippen molar-refractivity contribution in [3.8, 4) is 0 Å². The number of amides is 1. The van der Waals surface area contributed by atoms with Gasteiger partial charge in [-0.1, -0.05) is 0 Å². The van der Waals surface area contributed by atoms with Crippen LogP contribution in [0.1, 0.15) is 31.7 Å². The fourth-order valence-corrected chi connectivity index (χ4v) is 2.14. The van der Waals surface area contributed by atoms with E-state index < -0.39 is 81.8 Å². The van der Waals surface area contributed by atoms with E-state index in [1.807, 2.05) is 0 Å². The predicted octanol–water partition coefficient (Wildman–Crippen LogP) is -1.37. The zero-order chi connectivity index (χ0) is 20.6. The van der Waals surface area contributed by atoms with E-state index in [9.17, 15) is 24.3 Å². The number of aliphatic hydroxyl groups excluding tert-OH is 1. The number of carbonyl (C=O) groups excluding carboxylic acids is 4. The smallest absolute Gasteiger partial charge is 0.303 e. The van der Waals surface area contributed by atoms with Crippen LogP contribution in [0, 0.1) is 0 Å². The van der Waals surface area contributed by atoms with Crippen LogP contribution in [-0.2, 0) is 38.1 Å². The quantitative estimate of drug-likeness (QED) is 0.454. The molecule has 136 valence electrons. The van der Waals surface area contributed by atoms with Crippen LogP contribution in [0.15, 0.2) is 0 Å². The summed E-state index contributed by atoms with van der Waals surface area (Å²) in [4.78, 5) is 45.6. The first-order valence-corrected chi connectivity index (χ1v) is 6.76. The Morgan fingerprint density at radius 1 is 1.08 bits per heavy atom. The molecule has 0 bridgehead atoms. The van der Waals surface area contributed by atoms with Gasteiger partial charge in [-0.3, -0.25) is 19.2 Å². The molecule has 0 saturated carbocycles. The second-order valence-electron chi connectivity index (χ2n) is 4.88. The van der Waals surface area contributed by atoms with Crippen molar-refractivity contribution >= 4 is 23.8 Å². The second kappa shape index (κ2) is 8.60. The van der Waals surface area contributed by atoms with Crippen molar-refractivity contribution in [1.82, 2.24) is 5.32 Å². The molecular weight excluding hydrogens is 326 g/mol. The van der Waals surface area contributed by atoms with Gasteiger partial charge in [-0.05, 0) is 0 Å². The van der Waals surface area contributed by atoms with Crippen LogP contribution in [0.25, 0.3) is 0 Å². The summed E-state index contributed by atoms with van der Waals surface area (Å²) in [6, 6.07) is 0. The number of esters is 3. The summed E-state index contributed by atoms with van der Waals surface area (Å²) in [6.07, 6.45) is -7.37. The molecule has 24 heavy (non-hydrogen) atoms. The second-order valence-corrected chi connectivity index (χ2v) is 4.88. The van der Waals surface area contributed by atoms with Crippen molar-refractivity contribution in [3.63, 3.8) is 0 Å². The first-order chi connectivity index (χ1) is 12.7. The third kappa shape index (κ3) is 5.78. The van der Waals surface area contributed by atoms with Crippen LogP contribution in [0.4, 0.5) is 0 Å². The van der Waals surface area contributed by atoms with Crippen LogP contribution in [-0.4, -0.2) is 66.2 Å². The topological polar surface area (TPSA) is 137 Å². The molecule has 0 aromatic rings. The highest BCUT2D eigenvalue weighted by Crippen LogP contribution is 2.26. The molecule has 1 heterocycles. The highest BCUT2D eigenvalue weighted by molar-refractivity contribution is 5.73. The highest BCUT2D eigenvalue weighted by Gasteiger charge is 2.50. The van der Waals surface area contributed by atoms with Gasteiger partial charge in [0.2, 0.25) is 5.91 Å². The van der Waals surface area contributed by atoms with E-state index in [1.165, 1.54) is 0 Å². The van der Waals surface area contributed by atoms with E-state index in [4.69, 9.17) is 23.1 Å². The fraction of sp³-hybridized carbons (Fsp3) is 0.714. The van der Waals surface area contributed by atoms with E-state index in [0.29, 0.717) is 0 Å². The maximum atomic E-state index is 11.6. The van der Waals surface area contributed by atoms with Gasteiger partial charge < -0.3 is 29.4 Å². The van der Waals surface area contributed by atoms with Gasteiger partial charge in [-0.25, -0.2) is 0 Å². The Balaban J connectivity index is 3.13. The van der Waals surface area contributed by atoms with E-state index in [0.717, 1.165) is 6.92 Å². The Bertz CT molecular complexity index is 562. The molecule has 1 amide bonds. The van der Waals surface area contributed by atoms with Gasteiger partial charge in [0, 0.05) is 31.7 Å². The molecule has 1 unspecified atom stereocenters. The maximum absolute atomic E-state index is 11.6. The number of rotatable bonds is 5. The molecule has 2 N–H and O–H groups in total. The summed E-state index contributed by atoms with van der Waals surface area (Å²) in [6.45, 7) is -1.64. The minimum absolute atomic E-state index is 0.536. The molecule has 1 aliphatic rings. The molecule has 0 aromatic carbocycles. The van der Waals surface area contributed by atoms with Crippen LogP contribution in [0.5, 0.6) is 0 Å². The van der Waals surface area contributed by atoms with Gasteiger partial charge in [0.15, 0.2) is 18.4 Å². The Morgan fingerprint density at radius 2 is 1.67 bits per heavy atom. The summed E-state index contributed by atoms with van der Waals surface area (Å²) in [5.74, 6) is -3.58. The molecule has 0 radical (unpaired) electrons. The minimum atomic E-state index is -1.67. The lowest BCUT2D eigenvalue weighted by Gasteiger charge is -2.43. The Hall–Kier alpha value is -2.20. The summed E-state index contributed by atoms with van der Waals surface area (Å²) in [7, 11) is 0. The number of ether oxygens (including phenoxy) is 4. The lowest BCUT2D eigenvalue weighted by atomic mass is 9.97. The molecule has 1 aliphatic heterocycles. The molecule has 1 saturated heterocycles. The molecule has 1 fully saturated rings. The summed E-state index contributed by atoms with van der Waals surface area (Å²) in [5, 5.41) is 12.6. The minimum Gasteiger partial charge on any atom is -0.463 e. The van der Waals surface area contributed by atoms with Crippen molar-refractivity contribution in [2.24, 2.45) is 0 Å². The number of hydrogen-bond donors (Lipinski definition) is 2. The molecule has 0 aliphatic carbocycles. The third-order valence-corrected chi connectivity index (χ3v) is 2.95. The van der Waals surface area contributed by atoms with E-state index in [2.05, 4.69) is 5.32 Å². The van der Waals surface area contributed by atoms with Gasteiger partial charge >= 0.3 is 17.9 Å². The highest BCUT2D eigenvalue weighted by atomic mass is 16.6. The van der Waals surface area contributed by atoms with Gasteiger partial charge in [-0.2, -0.15) is 0 Å². The van der Waals surface area contributed by atoms with Gasteiger partial charge in [0.1, 0.15) is 18.8 Å². The van der Waals surface area contributed by atoms with Gasteiger partial charge in [0.25, 0.3) is 0 Å². The molecular formula is C14H21NO9. The summed E-state index contributed by atoms with van der Waals surface area (Å²) >= 11 is 0.